The predicted octanol–water partition coefficient (Wildman–Crippen LogP) is 3.57. The lowest BCUT2D eigenvalue weighted by molar-refractivity contribution is 0.480. The summed E-state index contributed by atoms with van der Waals surface area (Å²) in [6, 6.07) is 14.9. The van der Waals surface area contributed by atoms with Crippen LogP contribution in [0.3, 0.4) is 0 Å². The molecular formula is C14H11BrN2O. The van der Waals surface area contributed by atoms with E-state index >= 15 is 0 Å². The number of rotatable bonds is 3. The van der Waals surface area contributed by atoms with Gasteiger partial charge in [-0.1, -0.05) is 28.1 Å². The van der Waals surface area contributed by atoms with E-state index in [-0.39, 0.29) is 0 Å². The quantitative estimate of drug-likeness (QED) is 0.943. The Balaban J connectivity index is 2.27. The minimum Gasteiger partial charge on any atom is -0.456 e. The van der Waals surface area contributed by atoms with Gasteiger partial charge in [-0.25, -0.2) is 0 Å². The zero-order valence-corrected chi connectivity index (χ0v) is 11.1. The average molecular weight is 303 g/mol. The summed E-state index contributed by atoms with van der Waals surface area (Å²) in [6.07, 6.45) is 0. The summed E-state index contributed by atoms with van der Waals surface area (Å²) in [5.74, 6) is 1.22. The fraction of sp³-hybridized carbons (Fsp3) is 0.0714. The van der Waals surface area contributed by atoms with Crippen molar-refractivity contribution in [2.45, 2.75) is 6.54 Å². The highest BCUT2D eigenvalue weighted by Gasteiger charge is 2.05. The van der Waals surface area contributed by atoms with Crippen molar-refractivity contribution >= 4 is 15.9 Å². The Morgan fingerprint density at radius 1 is 1.17 bits per heavy atom. The molecule has 4 heteroatoms. The summed E-state index contributed by atoms with van der Waals surface area (Å²) in [6.45, 7) is 0.501. The molecule has 90 valence electrons. The van der Waals surface area contributed by atoms with E-state index in [0.717, 1.165) is 10.0 Å². The van der Waals surface area contributed by atoms with E-state index in [0.29, 0.717) is 23.6 Å². The van der Waals surface area contributed by atoms with Crippen LogP contribution in [0.1, 0.15) is 11.1 Å². The Hall–Kier alpha value is -1.83. The zero-order valence-electron chi connectivity index (χ0n) is 9.56. The standard InChI is InChI=1S/C14H11BrN2O/c15-12-4-3-11(9-17)14(7-12)18-13-5-1-10(8-16)2-6-13/h1-7H,8,16H2. The van der Waals surface area contributed by atoms with Gasteiger partial charge in [0, 0.05) is 11.0 Å². The molecule has 0 bridgehead atoms. The third kappa shape index (κ3) is 2.89. The van der Waals surface area contributed by atoms with E-state index in [4.69, 9.17) is 15.7 Å². The number of nitrogens with zero attached hydrogens (tertiary/aromatic N) is 1. The van der Waals surface area contributed by atoms with Crippen molar-refractivity contribution in [1.29, 1.82) is 5.26 Å². The molecule has 0 atom stereocenters. The maximum atomic E-state index is 9.01. The maximum Gasteiger partial charge on any atom is 0.146 e. The van der Waals surface area contributed by atoms with Gasteiger partial charge in [-0.3, -0.25) is 0 Å². The van der Waals surface area contributed by atoms with E-state index in [1.165, 1.54) is 0 Å². The minimum atomic E-state index is 0.501. The molecule has 2 aromatic rings. The molecule has 0 heterocycles. The van der Waals surface area contributed by atoms with Crippen molar-refractivity contribution in [1.82, 2.24) is 0 Å². The van der Waals surface area contributed by atoms with Crippen molar-refractivity contribution < 1.29 is 4.74 Å². The molecule has 0 aliphatic heterocycles. The first-order chi connectivity index (χ1) is 8.72. The van der Waals surface area contributed by atoms with Crippen molar-refractivity contribution in [2.75, 3.05) is 0 Å². The van der Waals surface area contributed by atoms with Gasteiger partial charge in [-0.15, -0.1) is 0 Å². The van der Waals surface area contributed by atoms with E-state index in [9.17, 15) is 0 Å². The second-order valence-electron chi connectivity index (χ2n) is 3.70. The lowest BCUT2D eigenvalue weighted by atomic mass is 10.2. The number of nitrogens with two attached hydrogens (primary N) is 1. The Labute approximate surface area is 114 Å². The van der Waals surface area contributed by atoms with Crippen LogP contribution in [0.15, 0.2) is 46.9 Å². The number of nitriles is 1. The number of hydrogen-bond acceptors (Lipinski definition) is 3. The fourth-order valence-corrected chi connectivity index (χ4v) is 1.83. The third-order valence-corrected chi connectivity index (χ3v) is 2.94. The predicted molar refractivity (Wildman–Crippen MR) is 73.3 cm³/mol. The van der Waals surface area contributed by atoms with Gasteiger partial charge in [-0.05, 0) is 35.9 Å². The summed E-state index contributed by atoms with van der Waals surface area (Å²) >= 11 is 3.36. The molecule has 0 fully saturated rings. The van der Waals surface area contributed by atoms with Crippen molar-refractivity contribution in [3.8, 4) is 17.6 Å². The molecular weight excluding hydrogens is 292 g/mol. The number of benzene rings is 2. The van der Waals surface area contributed by atoms with Crippen LogP contribution in [0.2, 0.25) is 0 Å². The molecule has 0 aliphatic rings. The Kier molecular flexibility index (Phi) is 3.98. The Morgan fingerprint density at radius 3 is 2.50 bits per heavy atom. The van der Waals surface area contributed by atoms with Gasteiger partial charge in [-0.2, -0.15) is 5.26 Å². The maximum absolute atomic E-state index is 9.01. The normalized spacial score (nSPS) is 9.83. The second-order valence-corrected chi connectivity index (χ2v) is 4.62. The minimum absolute atomic E-state index is 0.501. The van der Waals surface area contributed by atoms with Crippen LogP contribution in [-0.2, 0) is 6.54 Å². The highest BCUT2D eigenvalue weighted by molar-refractivity contribution is 9.10. The van der Waals surface area contributed by atoms with Crippen LogP contribution >= 0.6 is 15.9 Å². The van der Waals surface area contributed by atoms with Crippen molar-refractivity contribution in [3.05, 3.63) is 58.1 Å². The van der Waals surface area contributed by atoms with Crippen LogP contribution < -0.4 is 10.5 Å². The first-order valence-electron chi connectivity index (χ1n) is 5.39. The highest BCUT2D eigenvalue weighted by atomic mass is 79.9. The smallest absolute Gasteiger partial charge is 0.146 e. The summed E-state index contributed by atoms with van der Waals surface area (Å²) in [7, 11) is 0. The molecule has 18 heavy (non-hydrogen) atoms. The molecule has 0 saturated carbocycles. The van der Waals surface area contributed by atoms with Crippen LogP contribution in [0.5, 0.6) is 11.5 Å². The summed E-state index contributed by atoms with van der Waals surface area (Å²) in [5, 5.41) is 9.01. The van der Waals surface area contributed by atoms with E-state index < -0.39 is 0 Å². The van der Waals surface area contributed by atoms with E-state index in [1.807, 2.05) is 30.3 Å². The van der Waals surface area contributed by atoms with Gasteiger partial charge >= 0.3 is 0 Å². The van der Waals surface area contributed by atoms with Crippen LogP contribution in [-0.4, -0.2) is 0 Å². The Morgan fingerprint density at radius 2 is 1.89 bits per heavy atom. The SMILES string of the molecule is N#Cc1ccc(Br)cc1Oc1ccc(CN)cc1. The van der Waals surface area contributed by atoms with Crippen molar-refractivity contribution in [2.24, 2.45) is 5.73 Å². The van der Waals surface area contributed by atoms with Gasteiger partial charge in [0.2, 0.25) is 0 Å². The molecule has 0 spiro atoms. The lowest BCUT2D eigenvalue weighted by Crippen LogP contribution is -1.95. The molecule has 0 amide bonds. The monoisotopic (exact) mass is 302 g/mol. The molecule has 2 rings (SSSR count). The zero-order chi connectivity index (χ0) is 13.0. The molecule has 3 nitrogen and oxygen atoms in total. The molecule has 0 saturated heterocycles. The summed E-state index contributed by atoms with van der Waals surface area (Å²) in [4.78, 5) is 0. The first kappa shape index (κ1) is 12.6. The Bertz CT molecular complexity index is 588. The largest absolute Gasteiger partial charge is 0.456 e. The van der Waals surface area contributed by atoms with E-state index in [1.54, 1.807) is 12.1 Å². The summed E-state index contributed by atoms with van der Waals surface area (Å²) < 4.78 is 6.56. The van der Waals surface area contributed by atoms with Gasteiger partial charge in [0.15, 0.2) is 0 Å². The highest BCUT2D eigenvalue weighted by Crippen LogP contribution is 2.28. The number of hydrogen-bond donors (Lipinski definition) is 1. The van der Waals surface area contributed by atoms with Crippen molar-refractivity contribution in [3.63, 3.8) is 0 Å². The van der Waals surface area contributed by atoms with Crippen LogP contribution in [0, 0.1) is 11.3 Å². The molecule has 0 unspecified atom stereocenters. The number of ether oxygens (including phenoxy) is 1. The fourth-order valence-electron chi connectivity index (χ4n) is 1.49. The molecule has 2 N–H and O–H groups in total. The average Bonchev–Trinajstić information content (AvgIpc) is 2.40. The topological polar surface area (TPSA) is 59.0 Å². The van der Waals surface area contributed by atoms with Gasteiger partial charge < -0.3 is 10.5 Å². The molecule has 0 radical (unpaired) electrons. The van der Waals surface area contributed by atoms with Gasteiger partial charge in [0.05, 0.1) is 5.56 Å². The second kappa shape index (κ2) is 5.67. The van der Waals surface area contributed by atoms with Gasteiger partial charge in [0.25, 0.3) is 0 Å². The van der Waals surface area contributed by atoms with Crippen LogP contribution in [0.25, 0.3) is 0 Å². The molecule has 2 aromatic carbocycles. The summed E-state index contributed by atoms with van der Waals surface area (Å²) in [5.41, 5.74) is 7.07. The lowest BCUT2D eigenvalue weighted by Gasteiger charge is -2.08. The van der Waals surface area contributed by atoms with E-state index in [2.05, 4.69) is 22.0 Å². The number of halogens is 1. The van der Waals surface area contributed by atoms with Gasteiger partial charge in [0.1, 0.15) is 17.6 Å². The molecule has 0 aliphatic carbocycles. The third-order valence-electron chi connectivity index (χ3n) is 2.45. The first-order valence-corrected chi connectivity index (χ1v) is 6.19. The van der Waals surface area contributed by atoms with Crippen LogP contribution in [0.4, 0.5) is 0 Å². The molecule has 0 aromatic heterocycles.